The highest BCUT2D eigenvalue weighted by Gasteiger charge is 2.28. The Morgan fingerprint density at radius 2 is 2.41 bits per heavy atom. The summed E-state index contributed by atoms with van der Waals surface area (Å²) in [5.74, 6) is -0.474. The minimum atomic E-state index is -0.878. The van der Waals surface area contributed by atoms with Crippen LogP contribution < -0.4 is 0 Å². The van der Waals surface area contributed by atoms with Gasteiger partial charge in [0.05, 0.1) is 25.9 Å². The van der Waals surface area contributed by atoms with Crippen LogP contribution in [0.25, 0.3) is 0 Å². The molecular weight excluding hydrogens is 228 g/mol. The predicted octanol–water partition coefficient (Wildman–Crippen LogP) is 0.146. The van der Waals surface area contributed by atoms with E-state index < -0.39 is 24.1 Å². The Morgan fingerprint density at radius 3 is 3.00 bits per heavy atom. The molecule has 2 unspecified atom stereocenters. The van der Waals surface area contributed by atoms with Crippen molar-refractivity contribution in [3.05, 3.63) is 11.8 Å². The second-order valence-electron chi connectivity index (χ2n) is 3.69. The molecule has 0 radical (unpaired) electrons. The molecule has 0 aromatic heterocycles. The lowest BCUT2D eigenvalue weighted by Gasteiger charge is -2.26. The molecule has 1 aliphatic rings. The van der Waals surface area contributed by atoms with Crippen LogP contribution >= 0.6 is 0 Å². The molecule has 0 fully saturated rings. The van der Waals surface area contributed by atoms with E-state index in [0.29, 0.717) is 12.2 Å². The fourth-order valence-corrected chi connectivity index (χ4v) is 1.48. The van der Waals surface area contributed by atoms with E-state index >= 15 is 0 Å². The minimum Gasteiger partial charge on any atom is -0.501 e. The van der Waals surface area contributed by atoms with Gasteiger partial charge >= 0.3 is 11.9 Å². The van der Waals surface area contributed by atoms with E-state index in [1.54, 1.807) is 0 Å². The van der Waals surface area contributed by atoms with Crippen molar-refractivity contribution in [3.8, 4) is 0 Å². The zero-order chi connectivity index (χ0) is 12.8. The van der Waals surface area contributed by atoms with Crippen molar-refractivity contribution >= 4 is 11.9 Å². The smallest absolute Gasteiger partial charge is 0.334 e. The quantitative estimate of drug-likeness (QED) is 0.693. The molecule has 0 amide bonds. The summed E-state index contributed by atoms with van der Waals surface area (Å²) >= 11 is 0. The van der Waals surface area contributed by atoms with Gasteiger partial charge in [-0.3, -0.25) is 4.79 Å². The normalized spacial score (nSPS) is 21.2. The van der Waals surface area contributed by atoms with Crippen molar-refractivity contribution in [1.82, 2.24) is 0 Å². The van der Waals surface area contributed by atoms with E-state index in [9.17, 15) is 14.7 Å². The van der Waals surface area contributed by atoms with Crippen molar-refractivity contribution in [3.63, 3.8) is 0 Å². The van der Waals surface area contributed by atoms with Gasteiger partial charge in [-0.25, -0.2) is 4.79 Å². The average Bonchev–Trinajstić information content (AvgIpc) is 2.27. The van der Waals surface area contributed by atoms with Crippen molar-refractivity contribution in [2.24, 2.45) is 0 Å². The van der Waals surface area contributed by atoms with Crippen LogP contribution in [0.1, 0.15) is 19.8 Å². The number of esters is 2. The molecule has 0 aromatic carbocycles. The van der Waals surface area contributed by atoms with Gasteiger partial charge in [0.15, 0.2) is 0 Å². The highest BCUT2D eigenvalue weighted by molar-refractivity contribution is 5.83. The van der Waals surface area contributed by atoms with E-state index in [2.05, 4.69) is 0 Å². The first-order valence-electron chi connectivity index (χ1n) is 5.29. The lowest BCUT2D eigenvalue weighted by atomic mass is 10.0. The Kier molecular flexibility index (Phi) is 4.96. The molecule has 96 valence electrons. The van der Waals surface area contributed by atoms with Crippen LogP contribution in [-0.2, 0) is 23.8 Å². The number of cyclic esters (lactones) is 1. The molecule has 1 rings (SSSR count). The molecule has 6 nitrogen and oxygen atoms in total. The van der Waals surface area contributed by atoms with E-state index in [0.717, 1.165) is 0 Å². The van der Waals surface area contributed by atoms with Crippen molar-refractivity contribution in [2.75, 3.05) is 13.7 Å². The Morgan fingerprint density at radius 1 is 1.71 bits per heavy atom. The summed E-state index contributed by atoms with van der Waals surface area (Å²) in [4.78, 5) is 21.7. The topological polar surface area (TPSA) is 82.1 Å². The number of ether oxygens (including phenoxy) is 3. The summed E-state index contributed by atoms with van der Waals surface area (Å²) in [6.07, 6.45) is 0.253. The number of methoxy groups -OCH3 is 1. The number of carbonyl (C=O) groups excluding carboxylic acids is 2. The van der Waals surface area contributed by atoms with Crippen LogP contribution in [0.5, 0.6) is 0 Å². The molecular formula is C11H16O6. The Balaban J connectivity index is 2.42. The third kappa shape index (κ3) is 4.44. The van der Waals surface area contributed by atoms with E-state index in [4.69, 9.17) is 14.2 Å². The Bertz CT molecular complexity index is 322. The molecule has 1 heterocycles. The average molecular weight is 244 g/mol. The summed E-state index contributed by atoms with van der Waals surface area (Å²) in [7, 11) is 1.45. The van der Waals surface area contributed by atoms with Crippen molar-refractivity contribution < 1.29 is 28.9 Å². The number of aliphatic hydroxyl groups excluding tert-OH is 1. The van der Waals surface area contributed by atoms with Crippen LogP contribution in [0.4, 0.5) is 0 Å². The summed E-state index contributed by atoms with van der Waals surface area (Å²) in [5, 5.41) is 9.77. The zero-order valence-electron chi connectivity index (χ0n) is 9.84. The molecule has 1 N–H and O–H groups in total. The SMILES string of the molecule is COC1=CC(=O)OC(C(O)CCOC(C)=O)C1. The number of hydrogen-bond acceptors (Lipinski definition) is 6. The highest BCUT2D eigenvalue weighted by atomic mass is 16.6. The van der Waals surface area contributed by atoms with E-state index in [-0.39, 0.29) is 13.0 Å². The van der Waals surface area contributed by atoms with E-state index in [1.807, 2.05) is 0 Å². The first-order valence-corrected chi connectivity index (χ1v) is 5.29. The number of aliphatic hydroxyl groups is 1. The maximum absolute atomic E-state index is 11.2. The molecule has 0 aromatic rings. The molecule has 0 aliphatic carbocycles. The van der Waals surface area contributed by atoms with Gasteiger partial charge in [0.25, 0.3) is 0 Å². The van der Waals surface area contributed by atoms with Gasteiger partial charge in [-0.15, -0.1) is 0 Å². The third-order valence-corrected chi connectivity index (χ3v) is 2.36. The predicted molar refractivity (Wildman–Crippen MR) is 56.8 cm³/mol. The van der Waals surface area contributed by atoms with Gasteiger partial charge in [-0.05, 0) is 0 Å². The number of rotatable bonds is 5. The van der Waals surface area contributed by atoms with Crippen LogP contribution in [-0.4, -0.2) is 43.0 Å². The summed E-state index contributed by atoms with van der Waals surface area (Å²) in [6, 6.07) is 0. The van der Waals surface area contributed by atoms with Crippen molar-refractivity contribution in [2.45, 2.75) is 32.0 Å². The fourth-order valence-electron chi connectivity index (χ4n) is 1.48. The van der Waals surface area contributed by atoms with Gasteiger partial charge in [-0.2, -0.15) is 0 Å². The molecule has 0 bridgehead atoms. The third-order valence-electron chi connectivity index (χ3n) is 2.36. The molecule has 2 atom stereocenters. The van der Waals surface area contributed by atoms with Gasteiger partial charge < -0.3 is 19.3 Å². The lowest BCUT2D eigenvalue weighted by Crippen LogP contribution is -2.35. The maximum Gasteiger partial charge on any atom is 0.334 e. The Labute approximate surface area is 99.2 Å². The first kappa shape index (κ1) is 13.5. The molecule has 17 heavy (non-hydrogen) atoms. The molecule has 0 saturated carbocycles. The largest absolute Gasteiger partial charge is 0.501 e. The summed E-state index contributed by atoms with van der Waals surface area (Å²) < 4.78 is 14.6. The Hall–Kier alpha value is -1.56. The van der Waals surface area contributed by atoms with Crippen LogP contribution in [0.2, 0.25) is 0 Å². The van der Waals surface area contributed by atoms with Gasteiger partial charge in [0, 0.05) is 19.8 Å². The van der Waals surface area contributed by atoms with Gasteiger partial charge in [0.2, 0.25) is 0 Å². The summed E-state index contributed by atoms with van der Waals surface area (Å²) in [5.41, 5.74) is 0. The molecule has 0 spiro atoms. The number of carbonyl (C=O) groups is 2. The zero-order valence-corrected chi connectivity index (χ0v) is 9.84. The van der Waals surface area contributed by atoms with Gasteiger partial charge in [-0.1, -0.05) is 0 Å². The second kappa shape index (κ2) is 6.24. The van der Waals surface area contributed by atoms with Crippen LogP contribution in [0.3, 0.4) is 0 Å². The van der Waals surface area contributed by atoms with Gasteiger partial charge in [0.1, 0.15) is 11.9 Å². The standard InChI is InChI=1S/C11H16O6/c1-7(12)16-4-3-9(13)10-5-8(15-2)6-11(14)17-10/h6,9-10,13H,3-5H2,1-2H3. The van der Waals surface area contributed by atoms with Crippen LogP contribution in [0, 0.1) is 0 Å². The first-order chi connectivity index (χ1) is 8.02. The van der Waals surface area contributed by atoms with Crippen molar-refractivity contribution in [1.29, 1.82) is 0 Å². The number of hydrogen-bond donors (Lipinski definition) is 1. The molecule has 1 aliphatic heterocycles. The lowest BCUT2D eigenvalue weighted by molar-refractivity contribution is -0.154. The maximum atomic E-state index is 11.2. The van der Waals surface area contributed by atoms with E-state index in [1.165, 1.54) is 20.1 Å². The minimum absolute atomic E-state index is 0.0938. The second-order valence-corrected chi connectivity index (χ2v) is 3.69. The summed E-state index contributed by atoms with van der Waals surface area (Å²) in [6.45, 7) is 1.38. The molecule has 0 saturated heterocycles. The molecule has 6 heteroatoms. The highest BCUT2D eigenvalue weighted by Crippen LogP contribution is 2.20. The monoisotopic (exact) mass is 244 g/mol. The van der Waals surface area contributed by atoms with Crippen LogP contribution in [0.15, 0.2) is 11.8 Å². The fraction of sp³-hybridized carbons (Fsp3) is 0.636.